The summed E-state index contributed by atoms with van der Waals surface area (Å²) < 4.78 is 0. The van der Waals surface area contributed by atoms with Crippen molar-refractivity contribution in [3.8, 4) is 5.75 Å². The molecule has 1 saturated heterocycles. The largest absolute Gasteiger partial charge is 0.508 e. The summed E-state index contributed by atoms with van der Waals surface area (Å²) >= 11 is 0. The van der Waals surface area contributed by atoms with E-state index in [2.05, 4.69) is 23.6 Å². The Morgan fingerprint density at radius 1 is 1.28 bits per heavy atom. The first-order valence-electron chi connectivity index (χ1n) is 6.97. The van der Waals surface area contributed by atoms with Gasteiger partial charge in [-0.25, -0.2) is 0 Å². The summed E-state index contributed by atoms with van der Waals surface area (Å²) in [5, 5.41) is 9.80. The highest BCUT2D eigenvalue weighted by molar-refractivity contribution is 5.31. The lowest BCUT2D eigenvalue weighted by Crippen LogP contribution is -2.37. The molecule has 18 heavy (non-hydrogen) atoms. The molecule has 1 aliphatic rings. The zero-order valence-corrected chi connectivity index (χ0v) is 11.5. The number of rotatable bonds is 5. The molecule has 1 unspecified atom stereocenters. The number of phenols is 1. The molecular formula is C15H24N2O. The molecule has 0 amide bonds. The number of para-hydroxylation sites is 1. The lowest BCUT2D eigenvalue weighted by molar-refractivity contribution is 0.208. The fourth-order valence-electron chi connectivity index (χ4n) is 2.88. The molecule has 1 aromatic rings. The monoisotopic (exact) mass is 248 g/mol. The molecule has 1 aromatic carbocycles. The lowest BCUT2D eigenvalue weighted by Gasteiger charge is -2.26. The summed E-state index contributed by atoms with van der Waals surface area (Å²) in [6.45, 7) is 9.84. The molecule has 1 N–H and O–H groups in total. The Morgan fingerprint density at radius 3 is 2.67 bits per heavy atom. The number of hydrogen-bond acceptors (Lipinski definition) is 3. The van der Waals surface area contributed by atoms with Gasteiger partial charge in [0.25, 0.3) is 0 Å². The van der Waals surface area contributed by atoms with Gasteiger partial charge < -0.3 is 5.11 Å². The van der Waals surface area contributed by atoms with Crippen molar-refractivity contribution >= 4 is 0 Å². The van der Waals surface area contributed by atoms with Crippen LogP contribution in [0.15, 0.2) is 24.3 Å². The van der Waals surface area contributed by atoms with Gasteiger partial charge >= 0.3 is 0 Å². The first-order chi connectivity index (χ1) is 8.74. The van der Waals surface area contributed by atoms with Crippen molar-refractivity contribution in [3.05, 3.63) is 29.8 Å². The van der Waals surface area contributed by atoms with Gasteiger partial charge in [-0.1, -0.05) is 32.0 Å². The molecule has 3 heteroatoms. The minimum Gasteiger partial charge on any atom is -0.508 e. The topological polar surface area (TPSA) is 26.7 Å². The molecule has 0 bridgehead atoms. The van der Waals surface area contributed by atoms with Crippen molar-refractivity contribution in [2.75, 3.05) is 26.2 Å². The van der Waals surface area contributed by atoms with Gasteiger partial charge in [-0.05, 0) is 25.6 Å². The van der Waals surface area contributed by atoms with Crippen LogP contribution in [0, 0.1) is 0 Å². The van der Waals surface area contributed by atoms with Crippen LogP contribution in [0.5, 0.6) is 5.75 Å². The van der Waals surface area contributed by atoms with Crippen molar-refractivity contribution < 1.29 is 5.11 Å². The Balaban J connectivity index is 1.92. The molecule has 1 atom stereocenters. The zero-order chi connectivity index (χ0) is 13.0. The standard InChI is InChI=1S/C15H24N2O/c1-3-17(4-2)14-9-10-16(12-14)11-13-7-5-6-8-15(13)18/h5-8,14,18H,3-4,9-12H2,1-2H3. The van der Waals surface area contributed by atoms with Gasteiger partial charge in [0.05, 0.1) is 0 Å². The second-order valence-electron chi connectivity index (χ2n) is 5.03. The minimum atomic E-state index is 0.420. The highest BCUT2D eigenvalue weighted by Gasteiger charge is 2.26. The van der Waals surface area contributed by atoms with E-state index >= 15 is 0 Å². The van der Waals surface area contributed by atoms with Crippen LogP contribution in [0.3, 0.4) is 0 Å². The van der Waals surface area contributed by atoms with Crippen LogP contribution in [-0.4, -0.2) is 47.1 Å². The first-order valence-corrected chi connectivity index (χ1v) is 6.97. The van der Waals surface area contributed by atoms with Crippen molar-refractivity contribution in [1.82, 2.24) is 9.80 Å². The van der Waals surface area contributed by atoms with E-state index in [1.54, 1.807) is 6.07 Å². The van der Waals surface area contributed by atoms with Gasteiger partial charge in [0.15, 0.2) is 0 Å². The maximum Gasteiger partial charge on any atom is 0.120 e. The van der Waals surface area contributed by atoms with Gasteiger partial charge in [0.2, 0.25) is 0 Å². The van der Waals surface area contributed by atoms with Crippen LogP contribution in [0.4, 0.5) is 0 Å². The van der Waals surface area contributed by atoms with Crippen molar-refractivity contribution in [3.63, 3.8) is 0 Å². The molecule has 2 rings (SSSR count). The fraction of sp³-hybridized carbons (Fsp3) is 0.600. The van der Waals surface area contributed by atoms with E-state index in [1.165, 1.54) is 6.42 Å². The molecule has 0 radical (unpaired) electrons. The van der Waals surface area contributed by atoms with Gasteiger partial charge in [-0.15, -0.1) is 0 Å². The van der Waals surface area contributed by atoms with Crippen LogP contribution in [0.1, 0.15) is 25.8 Å². The predicted octanol–water partition coefficient (Wildman–Crippen LogP) is 2.31. The molecule has 3 nitrogen and oxygen atoms in total. The number of likely N-dealkylation sites (N-methyl/N-ethyl adjacent to an activating group) is 1. The molecule has 0 aromatic heterocycles. The average molecular weight is 248 g/mol. The third kappa shape index (κ3) is 3.03. The highest BCUT2D eigenvalue weighted by Crippen LogP contribution is 2.22. The Morgan fingerprint density at radius 2 is 2.00 bits per heavy atom. The molecule has 0 aliphatic carbocycles. The van der Waals surface area contributed by atoms with Crippen LogP contribution >= 0.6 is 0 Å². The second-order valence-corrected chi connectivity index (χ2v) is 5.03. The van der Waals surface area contributed by atoms with Crippen LogP contribution in [0.25, 0.3) is 0 Å². The summed E-state index contributed by atoms with van der Waals surface area (Å²) in [6, 6.07) is 8.34. The first kappa shape index (κ1) is 13.4. The van der Waals surface area contributed by atoms with Crippen LogP contribution in [-0.2, 0) is 6.54 Å². The number of hydrogen-bond donors (Lipinski definition) is 1. The molecule has 1 heterocycles. The third-order valence-electron chi connectivity index (χ3n) is 3.96. The summed E-state index contributed by atoms with van der Waals surface area (Å²) in [4.78, 5) is 4.98. The maximum absolute atomic E-state index is 9.80. The van der Waals surface area contributed by atoms with E-state index in [0.717, 1.165) is 38.3 Å². The van der Waals surface area contributed by atoms with Crippen molar-refractivity contribution in [1.29, 1.82) is 0 Å². The predicted molar refractivity (Wildman–Crippen MR) is 74.7 cm³/mol. The highest BCUT2D eigenvalue weighted by atomic mass is 16.3. The quantitative estimate of drug-likeness (QED) is 0.866. The van der Waals surface area contributed by atoms with Gasteiger partial charge in [0, 0.05) is 31.2 Å². The van der Waals surface area contributed by atoms with E-state index in [9.17, 15) is 5.11 Å². The Kier molecular flexibility index (Phi) is 4.61. The zero-order valence-electron chi connectivity index (χ0n) is 11.5. The number of nitrogens with zero attached hydrogens (tertiary/aromatic N) is 2. The smallest absolute Gasteiger partial charge is 0.120 e. The van der Waals surface area contributed by atoms with Gasteiger partial charge in [-0.2, -0.15) is 0 Å². The van der Waals surface area contributed by atoms with E-state index < -0.39 is 0 Å². The van der Waals surface area contributed by atoms with Crippen LogP contribution < -0.4 is 0 Å². The molecule has 1 fully saturated rings. The summed E-state index contributed by atoms with van der Waals surface area (Å²) in [5.74, 6) is 0.420. The van der Waals surface area contributed by atoms with Crippen LogP contribution in [0.2, 0.25) is 0 Å². The molecule has 0 spiro atoms. The number of aromatic hydroxyl groups is 1. The fourth-order valence-corrected chi connectivity index (χ4v) is 2.88. The van der Waals surface area contributed by atoms with Gasteiger partial charge in [0.1, 0.15) is 5.75 Å². The molecular weight excluding hydrogens is 224 g/mol. The lowest BCUT2D eigenvalue weighted by atomic mass is 10.2. The van der Waals surface area contributed by atoms with E-state index in [1.807, 2.05) is 18.2 Å². The van der Waals surface area contributed by atoms with Gasteiger partial charge in [-0.3, -0.25) is 9.80 Å². The minimum absolute atomic E-state index is 0.420. The number of phenolic OH excluding ortho intramolecular Hbond substituents is 1. The molecule has 100 valence electrons. The van der Waals surface area contributed by atoms with Crippen molar-refractivity contribution in [2.24, 2.45) is 0 Å². The Bertz CT molecular complexity index is 377. The summed E-state index contributed by atoms with van der Waals surface area (Å²) in [6.07, 6.45) is 1.25. The SMILES string of the molecule is CCN(CC)C1CCN(Cc2ccccc2O)C1. The number of benzene rings is 1. The summed E-state index contributed by atoms with van der Waals surface area (Å²) in [7, 11) is 0. The number of likely N-dealkylation sites (tertiary alicyclic amines) is 1. The maximum atomic E-state index is 9.80. The average Bonchev–Trinajstić information content (AvgIpc) is 2.82. The van der Waals surface area contributed by atoms with E-state index in [4.69, 9.17) is 0 Å². The normalized spacial score (nSPS) is 20.7. The molecule has 1 aliphatic heterocycles. The Labute approximate surface area is 110 Å². The Hall–Kier alpha value is -1.06. The summed E-state index contributed by atoms with van der Waals surface area (Å²) in [5.41, 5.74) is 1.04. The van der Waals surface area contributed by atoms with Crippen molar-refractivity contribution in [2.45, 2.75) is 32.9 Å². The second kappa shape index (κ2) is 6.21. The third-order valence-corrected chi connectivity index (χ3v) is 3.96. The van der Waals surface area contributed by atoms with E-state index in [-0.39, 0.29) is 0 Å². The molecule has 0 saturated carbocycles. The van der Waals surface area contributed by atoms with E-state index in [0.29, 0.717) is 11.8 Å².